The lowest BCUT2D eigenvalue weighted by atomic mass is 9.95. The Balaban J connectivity index is 1.79. The maximum absolute atomic E-state index is 9.89. The van der Waals surface area contributed by atoms with Gasteiger partial charge in [0.05, 0.1) is 12.2 Å². The average molecular weight is 221 g/mol. The molecule has 2 aliphatic rings. The van der Waals surface area contributed by atoms with Crippen molar-refractivity contribution in [1.82, 2.24) is 4.57 Å². The Morgan fingerprint density at radius 2 is 2.31 bits per heavy atom. The van der Waals surface area contributed by atoms with E-state index < -0.39 is 0 Å². The van der Waals surface area contributed by atoms with Gasteiger partial charge in [0.15, 0.2) is 0 Å². The van der Waals surface area contributed by atoms with Crippen LogP contribution >= 0.6 is 0 Å². The van der Waals surface area contributed by atoms with Gasteiger partial charge in [0.1, 0.15) is 0 Å². The summed E-state index contributed by atoms with van der Waals surface area (Å²) in [4.78, 5) is 0. The molecule has 1 aromatic rings. The summed E-state index contributed by atoms with van der Waals surface area (Å²) in [5, 5.41) is 9.89. The molecule has 1 aliphatic heterocycles. The molecule has 1 aromatic heterocycles. The predicted molar refractivity (Wildman–Crippen MR) is 61.3 cm³/mol. The van der Waals surface area contributed by atoms with Crippen LogP contribution in [0.4, 0.5) is 0 Å². The first-order valence-corrected chi connectivity index (χ1v) is 6.32. The molecule has 0 spiro atoms. The molecule has 0 aromatic carbocycles. The van der Waals surface area contributed by atoms with Crippen LogP contribution in [0.25, 0.3) is 0 Å². The number of nitrogens with zero attached hydrogens (tertiary/aromatic N) is 1. The van der Waals surface area contributed by atoms with Gasteiger partial charge in [-0.25, -0.2) is 0 Å². The van der Waals surface area contributed by atoms with E-state index in [0.29, 0.717) is 6.10 Å². The summed E-state index contributed by atoms with van der Waals surface area (Å²) in [6, 6.07) is 2.08. The van der Waals surface area contributed by atoms with Crippen molar-refractivity contribution in [3.8, 4) is 0 Å². The molecule has 1 aliphatic carbocycles. The number of hydrogen-bond acceptors (Lipinski definition) is 2. The molecule has 88 valence electrons. The molecule has 0 saturated carbocycles. The normalized spacial score (nSPS) is 29.3. The van der Waals surface area contributed by atoms with Gasteiger partial charge in [0, 0.05) is 30.6 Å². The quantitative estimate of drug-likeness (QED) is 0.829. The number of aliphatic hydroxyl groups excluding tert-OH is 1. The molecule has 0 bridgehead atoms. The fraction of sp³-hybridized carbons (Fsp3) is 0.692. The highest BCUT2D eigenvalue weighted by Gasteiger charge is 2.23. The van der Waals surface area contributed by atoms with E-state index in [9.17, 15) is 5.11 Å². The molecule has 2 atom stereocenters. The minimum Gasteiger partial charge on any atom is -0.388 e. The molecule has 3 rings (SSSR count). The van der Waals surface area contributed by atoms with Gasteiger partial charge in [-0.3, -0.25) is 0 Å². The Morgan fingerprint density at radius 1 is 1.38 bits per heavy atom. The Bertz CT molecular complexity index is 366. The molecule has 1 N–H and O–H groups in total. The minimum atomic E-state index is -0.241. The number of fused-ring (bicyclic) bond motifs is 1. The molecule has 0 amide bonds. The van der Waals surface area contributed by atoms with Gasteiger partial charge in [-0.2, -0.15) is 0 Å². The molecular formula is C13H19NO2. The van der Waals surface area contributed by atoms with E-state index >= 15 is 0 Å². The van der Waals surface area contributed by atoms with Crippen molar-refractivity contribution in [3.63, 3.8) is 0 Å². The lowest BCUT2D eigenvalue weighted by Crippen LogP contribution is -2.18. The van der Waals surface area contributed by atoms with Crippen LogP contribution in [0.2, 0.25) is 0 Å². The summed E-state index contributed by atoms with van der Waals surface area (Å²) in [6.07, 6.45) is 7.74. The van der Waals surface area contributed by atoms with Crippen LogP contribution in [-0.4, -0.2) is 22.4 Å². The van der Waals surface area contributed by atoms with Gasteiger partial charge in [-0.1, -0.05) is 0 Å². The van der Waals surface area contributed by atoms with Gasteiger partial charge in [-0.15, -0.1) is 0 Å². The van der Waals surface area contributed by atoms with Crippen LogP contribution in [0.3, 0.4) is 0 Å². The largest absolute Gasteiger partial charge is 0.388 e. The van der Waals surface area contributed by atoms with Crippen LogP contribution in [-0.2, 0) is 17.7 Å². The standard InChI is InChI=1S/C13H19NO2/c15-13-5-1-4-12-11(13)6-7-14(12)9-10-3-2-8-16-10/h6-7,10,13,15H,1-5,8-9H2. The predicted octanol–water partition coefficient (Wildman–Crippen LogP) is 2.04. The Hall–Kier alpha value is -0.800. The van der Waals surface area contributed by atoms with Crippen molar-refractivity contribution in [2.75, 3.05) is 6.61 Å². The summed E-state index contributed by atoms with van der Waals surface area (Å²) in [5.74, 6) is 0. The second-order valence-electron chi connectivity index (χ2n) is 4.91. The first-order valence-electron chi connectivity index (χ1n) is 6.32. The zero-order valence-corrected chi connectivity index (χ0v) is 9.56. The Morgan fingerprint density at radius 3 is 3.12 bits per heavy atom. The number of aliphatic hydroxyl groups is 1. The van der Waals surface area contributed by atoms with E-state index in [2.05, 4.69) is 16.8 Å². The summed E-state index contributed by atoms with van der Waals surface area (Å²) >= 11 is 0. The van der Waals surface area contributed by atoms with Crippen molar-refractivity contribution in [2.24, 2.45) is 0 Å². The van der Waals surface area contributed by atoms with Crippen LogP contribution in [0.1, 0.15) is 43.0 Å². The van der Waals surface area contributed by atoms with Crippen molar-refractivity contribution in [3.05, 3.63) is 23.5 Å². The van der Waals surface area contributed by atoms with E-state index in [0.717, 1.165) is 38.0 Å². The summed E-state index contributed by atoms with van der Waals surface area (Å²) in [7, 11) is 0. The second-order valence-corrected chi connectivity index (χ2v) is 4.91. The number of aromatic nitrogens is 1. The maximum Gasteiger partial charge on any atom is 0.0807 e. The first kappa shape index (κ1) is 10.4. The summed E-state index contributed by atoms with van der Waals surface area (Å²) in [5.41, 5.74) is 2.47. The zero-order valence-electron chi connectivity index (χ0n) is 9.56. The van der Waals surface area contributed by atoms with Crippen LogP contribution in [0, 0.1) is 0 Å². The third-order valence-corrected chi connectivity index (χ3v) is 3.79. The lowest BCUT2D eigenvalue weighted by Gasteiger charge is -2.21. The highest BCUT2D eigenvalue weighted by molar-refractivity contribution is 5.27. The highest BCUT2D eigenvalue weighted by atomic mass is 16.5. The average Bonchev–Trinajstić information content (AvgIpc) is 2.90. The molecule has 0 radical (unpaired) electrons. The maximum atomic E-state index is 9.89. The van der Waals surface area contributed by atoms with E-state index in [1.165, 1.54) is 18.5 Å². The Kier molecular flexibility index (Phi) is 2.74. The van der Waals surface area contributed by atoms with Crippen molar-refractivity contribution >= 4 is 0 Å². The van der Waals surface area contributed by atoms with Gasteiger partial charge in [0.25, 0.3) is 0 Å². The number of hydrogen-bond donors (Lipinski definition) is 1. The van der Waals surface area contributed by atoms with E-state index in [1.54, 1.807) is 0 Å². The smallest absolute Gasteiger partial charge is 0.0807 e. The van der Waals surface area contributed by atoms with Crippen molar-refractivity contribution in [2.45, 2.75) is 50.9 Å². The van der Waals surface area contributed by atoms with Gasteiger partial charge < -0.3 is 14.4 Å². The third-order valence-electron chi connectivity index (χ3n) is 3.79. The number of ether oxygens (including phenoxy) is 1. The van der Waals surface area contributed by atoms with E-state index in [-0.39, 0.29) is 6.10 Å². The SMILES string of the molecule is OC1CCCc2c1ccn2CC1CCCO1. The monoisotopic (exact) mass is 221 g/mol. The molecule has 16 heavy (non-hydrogen) atoms. The van der Waals surface area contributed by atoms with E-state index in [1.807, 2.05) is 0 Å². The minimum absolute atomic E-state index is 0.241. The molecule has 3 heteroatoms. The Labute approximate surface area is 96.0 Å². The lowest BCUT2D eigenvalue weighted by molar-refractivity contribution is 0.0955. The van der Waals surface area contributed by atoms with Gasteiger partial charge >= 0.3 is 0 Å². The molecule has 2 heterocycles. The summed E-state index contributed by atoms with van der Waals surface area (Å²) in [6.45, 7) is 1.87. The molecular weight excluding hydrogens is 202 g/mol. The number of rotatable bonds is 2. The molecule has 1 saturated heterocycles. The van der Waals surface area contributed by atoms with Crippen molar-refractivity contribution in [1.29, 1.82) is 0 Å². The third kappa shape index (κ3) is 1.78. The fourth-order valence-electron chi connectivity index (χ4n) is 2.91. The zero-order chi connectivity index (χ0) is 11.0. The van der Waals surface area contributed by atoms with Crippen molar-refractivity contribution < 1.29 is 9.84 Å². The molecule has 3 nitrogen and oxygen atoms in total. The first-order chi connectivity index (χ1) is 7.84. The van der Waals surface area contributed by atoms with Crippen LogP contribution < -0.4 is 0 Å². The van der Waals surface area contributed by atoms with Crippen LogP contribution in [0.15, 0.2) is 12.3 Å². The van der Waals surface area contributed by atoms with Gasteiger partial charge in [-0.05, 0) is 38.2 Å². The highest BCUT2D eigenvalue weighted by Crippen LogP contribution is 2.31. The fourth-order valence-corrected chi connectivity index (χ4v) is 2.91. The second kappa shape index (κ2) is 4.22. The summed E-state index contributed by atoms with van der Waals surface area (Å²) < 4.78 is 7.95. The van der Waals surface area contributed by atoms with Gasteiger partial charge in [0.2, 0.25) is 0 Å². The van der Waals surface area contributed by atoms with E-state index in [4.69, 9.17) is 4.74 Å². The van der Waals surface area contributed by atoms with Crippen LogP contribution in [0.5, 0.6) is 0 Å². The topological polar surface area (TPSA) is 34.4 Å². The molecule has 2 unspecified atom stereocenters. The molecule has 1 fully saturated rings.